The van der Waals surface area contributed by atoms with E-state index in [-0.39, 0.29) is 17.1 Å². The minimum absolute atomic E-state index is 0.00482. The normalized spacial score (nSPS) is 16.7. The van der Waals surface area contributed by atoms with Crippen LogP contribution in [0.5, 0.6) is 28.7 Å². The Hall–Kier alpha value is -3.08. The molecule has 0 spiro atoms. The molecule has 0 aliphatic carbocycles. The highest BCUT2D eigenvalue weighted by atomic mass is 16.5. The van der Waals surface area contributed by atoms with Crippen LogP contribution < -0.4 is 14.2 Å². The average molecular weight is 352 g/mol. The largest absolute Gasteiger partial charge is 0.508 e. The molecule has 0 radical (unpaired) electrons. The predicted octanol–water partition coefficient (Wildman–Crippen LogP) is 4.22. The molecule has 0 atom stereocenters. The zero-order valence-electron chi connectivity index (χ0n) is 14.9. The molecule has 0 aromatic heterocycles. The summed E-state index contributed by atoms with van der Waals surface area (Å²) in [7, 11) is 1.60. The zero-order chi connectivity index (χ0) is 18.5. The molecular formula is C21H20O5. The van der Waals surface area contributed by atoms with Crippen LogP contribution in [0.4, 0.5) is 0 Å². The first kappa shape index (κ1) is 16.4. The second-order valence-corrected chi connectivity index (χ2v) is 6.93. The molecule has 5 nitrogen and oxygen atoms in total. The third-order valence-electron chi connectivity index (χ3n) is 4.54. The van der Waals surface area contributed by atoms with E-state index in [1.165, 1.54) is 12.1 Å². The summed E-state index contributed by atoms with van der Waals surface area (Å²) in [5.74, 6) is 2.08. The van der Waals surface area contributed by atoms with Crippen LogP contribution >= 0.6 is 0 Å². The van der Waals surface area contributed by atoms with Gasteiger partial charge in [-0.2, -0.15) is 0 Å². The lowest BCUT2D eigenvalue weighted by Crippen LogP contribution is -2.28. The average Bonchev–Trinajstić information content (AvgIpc) is 2.59. The number of ether oxygens (including phenoxy) is 3. The number of methoxy groups -OCH3 is 1. The van der Waals surface area contributed by atoms with E-state index in [1.807, 2.05) is 38.1 Å². The summed E-state index contributed by atoms with van der Waals surface area (Å²) >= 11 is 0. The molecule has 134 valence electrons. The van der Waals surface area contributed by atoms with E-state index < -0.39 is 0 Å². The molecule has 2 heterocycles. The lowest BCUT2D eigenvalue weighted by Gasteiger charge is -2.31. The molecule has 0 amide bonds. The molecule has 5 heteroatoms. The molecule has 2 aromatic rings. The fourth-order valence-electron chi connectivity index (χ4n) is 3.26. The topological polar surface area (TPSA) is 68.2 Å². The van der Waals surface area contributed by atoms with Gasteiger partial charge < -0.3 is 24.4 Å². The third-order valence-corrected chi connectivity index (χ3v) is 4.54. The summed E-state index contributed by atoms with van der Waals surface area (Å²) in [6.07, 6.45) is 5.95. The van der Waals surface area contributed by atoms with Crippen LogP contribution in [-0.4, -0.2) is 29.5 Å². The van der Waals surface area contributed by atoms with Crippen molar-refractivity contribution in [1.82, 2.24) is 0 Å². The van der Waals surface area contributed by atoms with Crippen LogP contribution in [0, 0.1) is 0 Å². The van der Waals surface area contributed by atoms with Crippen molar-refractivity contribution in [2.75, 3.05) is 13.7 Å². The summed E-state index contributed by atoms with van der Waals surface area (Å²) in [5.41, 5.74) is 2.70. The number of aromatic hydroxyl groups is 2. The van der Waals surface area contributed by atoms with Crippen molar-refractivity contribution in [3.05, 3.63) is 47.0 Å². The Bertz CT molecular complexity index is 953. The van der Waals surface area contributed by atoms with Crippen molar-refractivity contribution in [2.45, 2.75) is 19.4 Å². The van der Waals surface area contributed by atoms with Crippen molar-refractivity contribution < 1.29 is 24.4 Å². The van der Waals surface area contributed by atoms with Gasteiger partial charge >= 0.3 is 0 Å². The summed E-state index contributed by atoms with van der Waals surface area (Å²) in [6, 6.07) is 6.38. The monoisotopic (exact) mass is 352 g/mol. The molecule has 2 N–H and O–H groups in total. The Morgan fingerprint density at radius 3 is 2.65 bits per heavy atom. The van der Waals surface area contributed by atoms with Crippen molar-refractivity contribution in [3.63, 3.8) is 0 Å². The number of rotatable bonds is 2. The fraction of sp³-hybridized carbons (Fsp3) is 0.238. The third kappa shape index (κ3) is 2.65. The van der Waals surface area contributed by atoms with Gasteiger partial charge in [-0.15, -0.1) is 0 Å². The maximum Gasteiger partial charge on any atom is 0.141 e. The van der Waals surface area contributed by atoms with Crippen molar-refractivity contribution in [1.29, 1.82) is 0 Å². The quantitative estimate of drug-likeness (QED) is 0.847. The van der Waals surface area contributed by atoms with E-state index in [0.29, 0.717) is 23.7 Å². The standard InChI is InChI=1S/C21H20O5/c1-21(2)7-6-15-19(26-21)10-18(24-3)16-8-12(11-25-20(15)16)14-5-4-13(22)9-17(14)23/h4-10,22-23H,11H2,1-3H3. The van der Waals surface area contributed by atoms with E-state index in [4.69, 9.17) is 14.2 Å². The van der Waals surface area contributed by atoms with Crippen LogP contribution in [0.3, 0.4) is 0 Å². The summed E-state index contributed by atoms with van der Waals surface area (Å²) in [5, 5.41) is 19.6. The van der Waals surface area contributed by atoms with Gasteiger partial charge in [0.05, 0.1) is 18.2 Å². The van der Waals surface area contributed by atoms with Gasteiger partial charge in [0.1, 0.15) is 41.0 Å². The SMILES string of the molecule is COc1cc2c(c3c1C=C(c1ccc(O)cc1O)CO3)C=CC(C)(C)O2. The molecule has 0 bridgehead atoms. The molecule has 26 heavy (non-hydrogen) atoms. The molecule has 2 aliphatic rings. The minimum atomic E-state index is -0.389. The highest BCUT2D eigenvalue weighted by Gasteiger charge is 2.29. The highest BCUT2D eigenvalue weighted by molar-refractivity contribution is 5.91. The Morgan fingerprint density at radius 1 is 1.12 bits per heavy atom. The van der Waals surface area contributed by atoms with Gasteiger partial charge in [0.25, 0.3) is 0 Å². The molecule has 2 aromatic carbocycles. The molecule has 2 aliphatic heterocycles. The molecule has 0 unspecified atom stereocenters. The minimum Gasteiger partial charge on any atom is -0.508 e. The smallest absolute Gasteiger partial charge is 0.141 e. The summed E-state index contributed by atoms with van der Waals surface area (Å²) in [4.78, 5) is 0. The van der Waals surface area contributed by atoms with Gasteiger partial charge in [0, 0.05) is 23.3 Å². The first-order chi connectivity index (χ1) is 12.4. The first-order valence-corrected chi connectivity index (χ1v) is 8.37. The Kier molecular flexibility index (Phi) is 3.61. The number of fused-ring (bicyclic) bond motifs is 3. The molecule has 0 fully saturated rings. The zero-order valence-corrected chi connectivity index (χ0v) is 14.9. The van der Waals surface area contributed by atoms with Gasteiger partial charge in [0.2, 0.25) is 0 Å². The van der Waals surface area contributed by atoms with Gasteiger partial charge in [-0.25, -0.2) is 0 Å². The van der Waals surface area contributed by atoms with Gasteiger partial charge in [-0.3, -0.25) is 0 Å². The second kappa shape index (κ2) is 5.73. The van der Waals surface area contributed by atoms with E-state index in [2.05, 4.69) is 0 Å². The van der Waals surface area contributed by atoms with Crippen LogP contribution in [-0.2, 0) is 0 Å². The van der Waals surface area contributed by atoms with Gasteiger partial charge in [-0.05, 0) is 44.2 Å². The maximum absolute atomic E-state index is 10.1. The fourth-order valence-corrected chi connectivity index (χ4v) is 3.26. The van der Waals surface area contributed by atoms with E-state index >= 15 is 0 Å². The van der Waals surface area contributed by atoms with Crippen molar-refractivity contribution >= 4 is 17.7 Å². The lowest BCUT2D eigenvalue weighted by molar-refractivity contribution is 0.157. The molecule has 0 saturated carbocycles. The number of hydrogen-bond donors (Lipinski definition) is 2. The Morgan fingerprint density at radius 2 is 1.92 bits per heavy atom. The maximum atomic E-state index is 10.1. The van der Waals surface area contributed by atoms with Gasteiger partial charge in [-0.1, -0.05) is 0 Å². The molecular weight excluding hydrogens is 332 g/mol. The van der Waals surface area contributed by atoms with Crippen molar-refractivity contribution in [3.8, 4) is 28.7 Å². The first-order valence-electron chi connectivity index (χ1n) is 8.37. The second-order valence-electron chi connectivity index (χ2n) is 6.93. The molecule has 4 rings (SSSR count). The van der Waals surface area contributed by atoms with Crippen LogP contribution in [0.15, 0.2) is 30.3 Å². The van der Waals surface area contributed by atoms with E-state index in [0.717, 1.165) is 22.4 Å². The van der Waals surface area contributed by atoms with Crippen LogP contribution in [0.1, 0.15) is 30.5 Å². The lowest BCUT2D eigenvalue weighted by atomic mass is 9.94. The highest BCUT2D eigenvalue weighted by Crippen LogP contribution is 2.47. The van der Waals surface area contributed by atoms with Crippen LogP contribution in [0.2, 0.25) is 0 Å². The summed E-state index contributed by atoms with van der Waals surface area (Å²) < 4.78 is 17.6. The summed E-state index contributed by atoms with van der Waals surface area (Å²) in [6.45, 7) is 4.28. The Balaban J connectivity index is 1.86. The number of phenols is 2. The Labute approximate surface area is 151 Å². The van der Waals surface area contributed by atoms with E-state index in [9.17, 15) is 10.2 Å². The van der Waals surface area contributed by atoms with E-state index in [1.54, 1.807) is 13.2 Å². The number of phenolic OH excluding ortho intramolecular Hbond substituents is 2. The van der Waals surface area contributed by atoms with Crippen molar-refractivity contribution in [2.24, 2.45) is 0 Å². The van der Waals surface area contributed by atoms with Crippen LogP contribution in [0.25, 0.3) is 17.7 Å². The number of hydrogen-bond acceptors (Lipinski definition) is 5. The number of benzene rings is 2. The predicted molar refractivity (Wildman–Crippen MR) is 99.9 cm³/mol. The van der Waals surface area contributed by atoms with Gasteiger partial charge in [0.15, 0.2) is 0 Å². The molecule has 0 saturated heterocycles.